The van der Waals surface area contributed by atoms with E-state index in [2.05, 4.69) is 5.32 Å². The molecule has 2 aromatic rings. The number of rotatable bonds is 4. The van der Waals surface area contributed by atoms with Gasteiger partial charge < -0.3 is 19.9 Å². The van der Waals surface area contributed by atoms with Gasteiger partial charge in [-0.1, -0.05) is 6.08 Å². The number of methoxy groups -OCH3 is 1. The lowest BCUT2D eigenvalue weighted by atomic mass is 9.94. The summed E-state index contributed by atoms with van der Waals surface area (Å²) in [5.41, 5.74) is 0.515. The average molecular weight is 461 g/mol. The van der Waals surface area contributed by atoms with E-state index in [1.54, 1.807) is 6.08 Å². The molecule has 2 aliphatic heterocycles. The number of carbonyl (C=O) groups excluding carboxylic acids is 2. The molecule has 3 amide bonds. The van der Waals surface area contributed by atoms with E-state index >= 15 is 0 Å². The molecule has 1 saturated heterocycles. The molecule has 2 bridgehead atoms. The van der Waals surface area contributed by atoms with Gasteiger partial charge in [0, 0.05) is 35.7 Å². The Morgan fingerprint density at radius 2 is 1.88 bits per heavy atom. The van der Waals surface area contributed by atoms with Crippen molar-refractivity contribution >= 4 is 23.2 Å². The molecule has 1 fully saturated rings. The van der Waals surface area contributed by atoms with E-state index in [0.29, 0.717) is 12.0 Å². The van der Waals surface area contributed by atoms with E-state index in [4.69, 9.17) is 4.74 Å². The van der Waals surface area contributed by atoms with Gasteiger partial charge in [-0.15, -0.1) is 0 Å². The zero-order chi connectivity index (χ0) is 23.4. The number of nitrogens with zero attached hydrogens (tertiary/aromatic N) is 2. The van der Waals surface area contributed by atoms with Crippen molar-refractivity contribution in [2.45, 2.75) is 19.0 Å². The summed E-state index contributed by atoms with van der Waals surface area (Å²) in [6.45, 7) is -0.337. The minimum Gasteiger partial charge on any atom is -0.497 e. The first-order valence-electron chi connectivity index (χ1n) is 10.3. The number of urea groups is 1. The molecule has 0 aromatic heterocycles. The fourth-order valence-corrected chi connectivity index (χ4v) is 4.81. The molecule has 5 rings (SSSR count). The van der Waals surface area contributed by atoms with Crippen LogP contribution in [0.2, 0.25) is 0 Å². The monoisotopic (exact) mass is 461 g/mol. The number of benzene rings is 2. The van der Waals surface area contributed by atoms with Gasteiger partial charge in [-0.05, 0) is 24.1 Å². The highest BCUT2D eigenvalue weighted by Crippen LogP contribution is 2.44. The molecule has 0 unspecified atom stereocenters. The van der Waals surface area contributed by atoms with Crippen LogP contribution in [0.5, 0.6) is 5.75 Å². The third-order valence-corrected chi connectivity index (χ3v) is 6.42. The highest BCUT2D eigenvalue weighted by atomic mass is 19.2. The van der Waals surface area contributed by atoms with Gasteiger partial charge in [0.1, 0.15) is 23.9 Å². The van der Waals surface area contributed by atoms with E-state index in [1.165, 1.54) is 18.1 Å². The lowest BCUT2D eigenvalue weighted by Gasteiger charge is -2.32. The van der Waals surface area contributed by atoms with Gasteiger partial charge in [-0.3, -0.25) is 4.79 Å². The zero-order valence-corrected chi connectivity index (χ0v) is 17.5. The second kappa shape index (κ2) is 7.79. The highest BCUT2D eigenvalue weighted by molar-refractivity contribution is 5.95. The van der Waals surface area contributed by atoms with E-state index in [9.17, 15) is 27.2 Å². The molecule has 33 heavy (non-hydrogen) atoms. The third kappa shape index (κ3) is 3.49. The summed E-state index contributed by atoms with van der Waals surface area (Å²) in [6.07, 6.45) is 2.18. The predicted octanol–water partition coefficient (Wildman–Crippen LogP) is 3.91. The molecule has 2 heterocycles. The van der Waals surface area contributed by atoms with Crippen LogP contribution >= 0.6 is 0 Å². The molecule has 1 aliphatic carbocycles. The molecule has 1 N–H and O–H groups in total. The van der Waals surface area contributed by atoms with Crippen LogP contribution in [0.3, 0.4) is 0 Å². The van der Waals surface area contributed by atoms with Crippen LogP contribution < -0.4 is 10.1 Å². The normalized spacial score (nSPS) is 21.1. The Hall–Kier alpha value is -3.56. The Kier molecular flexibility index (Phi) is 5.02. The Bertz CT molecular complexity index is 1190. The first-order chi connectivity index (χ1) is 15.8. The van der Waals surface area contributed by atoms with E-state index in [-0.39, 0.29) is 60.1 Å². The molecule has 10 heteroatoms. The number of anilines is 1. The average Bonchev–Trinajstić information content (AvgIpc) is 3.38. The number of ether oxygens (including phenoxy) is 1. The lowest BCUT2D eigenvalue weighted by Crippen LogP contribution is -2.47. The third-order valence-electron chi connectivity index (χ3n) is 6.42. The van der Waals surface area contributed by atoms with Crippen LogP contribution in [0, 0.1) is 29.2 Å². The van der Waals surface area contributed by atoms with Gasteiger partial charge in [-0.2, -0.15) is 0 Å². The number of fused-ring (bicyclic) bond motifs is 3. The highest BCUT2D eigenvalue weighted by Gasteiger charge is 2.43. The number of amides is 3. The molecule has 0 spiro atoms. The maximum Gasteiger partial charge on any atom is 0.322 e. The molecule has 2 aromatic carbocycles. The van der Waals surface area contributed by atoms with E-state index in [0.717, 1.165) is 23.1 Å². The van der Waals surface area contributed by atoms with Crippen molar-refractivity contribution in [3.63, 3.8) is 0 Å². The van der Waals surface area contributed by atoms with Gasteiger partial charge in [0.05, 0.1) is 25.4 Å². The molecule has 0 saturated carbocycles. The summed E-state index contributed by atoms with van der Waals surface area (Å²) in [4.78, 5) is 27.9. The molecule has 2 atom stereocenters. The second-order valence-corrected chi connectivity index (χ2v) is 8.31. The fraction of sp³-hybridized carbons (Fsp3) is 0.304. The molecule has 3 aliphatic rings. The summed E-state index contributed by atoms with van der Waals surface area (Å²) >= 11 is 0. The molecule has 6 nitrogen and oxygen atoms in total. The van der Waals surface area contributed by atoms with Crippen LogP contribution in [0.15, 0.2) is 30.3 Å². The van der Waals surface area contributed by atoms with Crippen LogP contribution in [0.4, 0.5) is 28.0 Å². The minimum atomic E-state index is -1.07. The summed E-state index contributed by atoms with van der Waals surface area (Å²) in [5.74, 6) is -4.14. The van der Waals surface area contributed by atoms with Crippen molar-refractivity contribution in [1.29, 1.82) is 0 Å². The van der Waals surface area contributed by atoms with E-state index in [1.807, 2.05) is 0 Å². The second-order valence-electron chi connectivity index (χ2n) is 8.31. The van der Waals surface area contributed by atoms with Gasteiger partial charge in [0.25, 0.3) is 0 Å². The molecule has 172 valence electrons. The Balaban J connectivity index is 1.32. The van der Waals surface area contributed by atoms with Gasteiger partial charge in [0.15, 0.2) is 11.6 Å². The summed E-state index contributed by atoms with van der Waals surface area (Å²) in [6, 6.07) is 3.46. The standard InChI is InChI=1S/C23H19F4N3O3/c1-33-13-6-17(25)21(18(26)7-13)14-5-12-4-11(14)8-30(12)20(31)10-29-9-15-19(28-23(29)32)3-2-16(24)22(15)27/h2-3,5-7,11-12H,4,8-10H2,1H3,(H,28,32)/t11-,12-/m1/s1. The SMILES string of the molecule is COc1cc(F)c(C2=C[C@H]3C[C@@H]2CN3C(=O)CN2Cc3c(ccc(F)c3F)NC2=O)c(F)c1. The van der Waals surface area contributed by atoms with Crippen molar-refractivity contribution in [3.05, 3.63) is 64.7 Å². The molecular weight excluding hydrogens is 442 g/mol. The van der Waals surface area contributed by atoms with Crippen molar-refractivity contribution in [2.75, 3.05) is 25.5 Å². The number of likely N-dealkylation sites (tertiary alicyclic amines) is 1. The number of carbonyl (C=O) groups is 2. The lowest BCUT2D eigenvalue weighted by molar-refractivity contribution is -0.132. The fourth-order valence-electron chi connectivity index (χ4n) is 4.81. The summed E-state index contributed by atoms with van der Waals surface area (Å²) in [5, 5.41) is 2.46. The van der Waals surface area contributed by atoms with Crippen LogP contribution in [0.1, 0.15) is 17.5 Å². The smallest absolute Gasteiger partial charge is 0.322 e. The molecular formula is C23H19F4N3O3. The predicted molar refractivity (Wildman–Crippen MR) is 110 cm³/mol. The van der Waals surface area contributed by atoms with Gasteiger partial charge in [-0.25, -0.2) is 22.4 Å². The first-order valence-corrected chi connectivity index (χ1v) is 10.3. The largest absolute Gasteiger partial charge is 0.497 e. The number of nitrogens with one attached hydrogen (secondary N) is 1. The van der Waals surface area contributed by atoms with Gasteiger partial charge in [0.2, 0.25) is 5.91 Å². The Labute approximate surface area is 186 Å². The van der Waals surface area contributed by atoms with E-state index < -0.39 is 29.3 Å². The number of halogens is 4. The van der Waals surface area contributed by atoms with Gasteiger partial charge >= 0.3 is 6.03 Å². The molecule has 0 radical (unpaired) electrons. The maximum absolute atomic E-state index is 14.5. The van der Waals surface area contributed by atoms with Crippen molar-refractivity contribution in [1.82, 2.24) is 9.80 Å². The summed E-state index contributed by atoms with van der Waals surface area (Å²) < 4.78 is 61.6. The van der Waals surface area contributed by atoms with Crippen LogP contribution in [-0.4, -0.2) is 48.0 Å². The van der Waals surface area contributed by atoms with Crippen molar-refractivity contribution in [3.8, 4) is 5.75 Å². The number of hydrogen-bond donors (Lipinski definition) is 1. The topological polar surface area (TPSA) is 61.9 Å². The van der Waals surface area contributed by atoms with Crippen molar-refractivity contribution in [2.24, 2.45) is 5.92 Å². The first kappa shape index (κ1) is 21.3. The minimum absolute atomic E-state index is 0.0296. The Morgan fingerprint density at radius 3 is 2.52 bits per heavy atom. The van der Waals surface area contributed by atoms with Crippen LogP contribution in [-0.2, 0) is 11.3 Å². The zero-order valence-electron chi connectivity index (χ0n) is 17.5. The summed E-state index contributed by atoms with van der Waals surface area (Å²) in [7, 11) is 1.32. The van der Waals surface area contributed by atoms with Crippen LogP contribution in [0.25, 0.3) is 5.57 Å². The maximum atomic E-state index is 14.5. The van der Waals surface area contributed by atoms with Crippen molar-refractivity contribution < 1.29 is 31.9 Å². The Morgan fingerprint density at radius 1 is 1.15 bits per heavy atom. The quantitative estimate of drug-likeness (QED) is 0.703. The number of hydrogen-bond acceptors (Lipinski definition) is 3.